The van der Waals surface area contributed by atoms with Crippen molar-refractivity contribution >= 4 is 27.5 Å². The van der Waals surface area contributed by atoms with E-state index in [-0.39, 0.29) is 0 Å². The summed E-state index contributed by atoms with van der Waals surface area (Å²) in [5.41, 5.74) is 2.61. The van der Waals surface area contributed by atoms with Gasteiger partial charge in [0.1, 0.15) is 0 Å². The number of benzene rings is 2. The molecule has 27 heavy (non-hydrogen) atoms. The van der Waals surface area contributed by atoms with Crippen molar-refractivity contribution in [2.45, 2.75) is 6.42 Å². The summed E-state index contributed by atoms with van der Waals surface area (Å²) in [7, 11) is 0. The van der Waals surface area contributed by atoms with E-state index in [4.69, 9.17) is 0 Å². The van der Waals surface area contributed by atoms with E-state index in [0.717, 1.165) is 50.5 Å². The highest BCUT2D eigenvalue weighted by Crippen LogP contribution is 2.24. The minimum Gasteiger partial charge on any atom is -0.358 e. The van der Waals surface area contributed by atoms with Gasteiger partial charge in [-0.2, -0.15) is 0 Å². The van der Waals surface area contributed by atoms with Gasteiger partial charge in [-0.1, -0.05) is 42.5 Å². The predicted octanol–water partition coefficient (Wildman–Crippen LogP) is 4.08. The van der Waals surface area contributed by atoms with Gasteiger partial charge >= 0.3 is 0 Å². The Morgan fingerprint density at radius 1 is 0.852 bits per heavy atom. The van der Waals surface area contributed by atoms with E-state index in [1.807, 2.05) is 12.4 Å². The van der Waals surface area contributed by atoms with Gasteiger partial charge in [-0.05, 0) is 34.9 Å². The lowest BCUT2D eigenvalue weighted by molar-refractivity contribution is 0.261. The number of nitrogens with one attached hydrogen (secondary N) is 1. The van der Waals surface area contributed by atoms with Crippen LogP contribution in [-0.4, -0.2) is 47.6 Å². The monoisotopic (exact) mass is 356 g/mol. The number of nitrogens with zero attached hydrogens (tertiary/aromatic N) is 3. The first-order valence-electron chi connectivity index (χ1n) is 9.74. The molecule has 0 spiro atoms. The molecule has 1 aliphatic heterocycles. The Morgan fingerprint density at radius 2 is 1.70 bits per heavy atom. The van der Waals surface area contributed by atoms with Crippen molar-refractivity contribution in [3.63, 3.8) is 0 Å². The molecule has 1 saturated heterocycles. The molecule has 1 fully saturated rings. The molecule has 0 bridgehead atoms. The van der Waals surface area contributed by atoms with Crippen LogP contribution in [0.1, 0.15) is 5.56 Å². The summed E-state index contributed by atoms with van der Waals surface area (Å²) in [6, 6.07) is 19.5. The maximum atomic E-state index is 4.63. The lowest BCUT2D eigenvalue weighted by Crippen LogP contribution is -2.47. The number of hydrogen-bond acceptors (Lipinski definition) is 3. The van der Waals surface area contributed by atoms with Gasteiger partial charge in [0, 0.05) is 50.5 Å². The van der Waals surface area contributed by atoms with Gasteiger partial charge in [0.25, 0.3) is 0 Å². The van der Waals surface area contributed by atoms with Crippen LogP contribution in [0.3, 0.4) is 0 Å². The minimum absolute atomic E-state index is 1.03. The van der Waals surface area contributed by atoms with E-state index in [1.165, 1.54) is 21.7 Å². The summed E-state index contributed by atoms with van der Waals surface area (Å²) in [4.78, 5) is 13.0. The highest BCUT2D eigenvalue weighted by Gasteiger charge is 2.20. The molecule has 136 valence electrons. The minimum atomic E-state index is 1.03. The predicted molar refractivity (Wildman–Crippen MR) is 112 cm³/mol. The fraction of sp³-hybridized carbons (Fsp3) is 0.261. The van der Waals surface area contributed by atoms with E-state index in [9.17, 15) is 0 Å². The molecule has 4 heteroatoms. The third kappa shape index (κ3) is 3.17. The Labute approximate surface area is 159 Å². The molecule has 0 saturated carbocycles. The van der Waals surface area contributed by atoms with Crippen LogP contribution in [0.4, 0.5) is 5.82 Å². The Morgan fingerprint density at radius 3 is 2.63 bits per heavy atom. The van der Waals surface area contributed by atoms with Crippen molar-refractivity contribution in [2.24, 2.45) is 0 Å². The second-order valence-electron chi connectivity index (χ2n) is 7.29. The summed E-state index contributed by atoms with van der Waals surface area (Å²) in [5, 5.41) is 3.96. The number of hydrogen-bond donors (Lipinski definition) is 1. The Kier molecular flexibility index (Phi) is 4.26. The SMILES string of the molecule is c1ccc2c(CCN3CCN(c4nccc5cc[nH]c45)CC3)cccc2c1. The summed E-state index contributed by atoms with van der Waals surface area (Å²) < 4.78 is 0. The topological polar surface area (TPSA) is 35.2 Å². The van der Waals surface area contributed by atoms with Gasteiger partial charge in [-0.3, -0.25) is 4.90 Å². The fourth-order valence-corrected chi connectivity index (χ4v) is 4.18. The number of aromatic amines is 1. The zero-order chi connectivity index (χ0) is 18.1. The van der Waals surface area contributed by atoms with Crippen molar-refractivity contribution in [1.82, 2.24) is 14.9 Å². The standard InChI is InChI=1S/C23H24N4/c1-2-7-21-18(4-1)5-3-6-19(21)10-13-26-14-16-27(17-15-26)23-22-20(8-11-24-22)9-12-25-23/h1-9,11-12,24H,10,13-17H2. The summed E-state index contributed by atoms with van der Waals surface area (Å²) in [6.07, 6.45) is 5.01. The van der Waals surface area contributed by atoms with Crippen LogP contribution in [0.2, 0.25) is 0 Å². The molecule has 0 atom stereocenters. The van der Waals surface area contributed by atoms with Crippen LogP contribution >= 0.6 is 0 Å². The molecule has 4 nitrogen and oxygen atoms in total. The normalized spacial score (nSPS) is 15.6. The molecular formula is C23H24N4. The lowest BCUT2D eigenvalue weighted by atomic mass is 10.0. The zero-order valence-electron chi connectivity index (χ0n) is 15.4. The summed E-state index contributed by atoms with van der Waals surface area (Å²) in [6.45, 7) is 5.34. The van der Waals surface area contributed by atoms with Crippen LogP contribution in [0.15, 0.2) is 67.0 Å². The maximum absolute atomic E-state index is 4.63. The molecule has 0 aliphatic carbocycles. The average Bonchev–Trinajstić information content (AvgIpc) is 3.22. The second-order valence-corrected chi connectivity index (χ2v) is 7.29. The van der Waals surface area contributed by atoms with Gasteiger partial charge < -0.3 is 9.88 Å². The molecule has 0 radical (unpaired) electrons. The quantitative estimate of drug-likeness (QED) is 0.598. The van der Waals surface area contributed by atoms with Gasteiger partial charge in [-0.15, -0.1) is 0 Å². The first-order chi connectivity index (χ1) is 13.4. The van der Waals surface area contributed by atoms with Crippen LogP contribution in [0.25, 0.3) is 21.7 Å². The number of H-pyrrole nitrogens is 1. The van der Waals surface area contributed by atoms with Crippen molar-refractivity contribution in [3.8, 4) is 0 Å². The Hall–Kier alpha value is -2.85. The molecule has 5 rings (SSSR count). The van der Waals surface area contributed by atoms with E-state index >= 15 is 0 Å². The molecule has 1 aliphatic rings. The number of piperazine rings is 1. The average molecular weight is 356 g/mol. The van der Waals surface area contributed by atoms with Crippen LogP contribution in [0, 0.1) is 0 Å². The van der Waals surface area contributed by atoms with Gasteiger partial charge in [-0.25, -0.2) is 4.98 Å². The highest BCUT2D eigenvalue weighted by atomic mass is 15.3. The Balaban J connectivity index is 1.24. The molecule has 3 heterocycles. The van der Waals surface area contributed by atoms with Gasteiger partial charge in [0.2, 0.25) is 0 Å². The molecule has 4 aromatic rings. The molecule has 0 unspecified atom stereocenters. The second kappa shape index (κ2) is 7.05. The van der Waals surface area contributed by atoms with E-state index in [2.05, 4.69) is 74.4 Å². The van der Waals surface area contributed by atoms with E-state index in [1.54, 1.807) is 0 Å². The number of aromatic nitrogens is 2. The van der Waals surface area contributed by atoms with Gasteiger partial charge in [0.05, 0.1) is 5.52 Å². The van der Waals surface area contributed by atoms with Crippen molar-refractivity contribution in [1.29, 1.82) is 0 Å². The van der Waals surface area contributed by atoms with E-state index < -0.39 is 0 Å². The smallest absolute Gasteiger partial charge is 0.153 e. The van der Waals surface area contributed by atoms with Crippen molar-refractivity contribution < 1.29 is 0 Å². The number of rotatable bonds is 4. The molecule has 0 amide bonds. The highest BCUT2D eigenvalue weighted by molar-refractivity contribution is 5.89. The maximum Gasteiger partial charge on any atom is 0.153 e. The van der Waals surface area contributed by atoms with Crippen LogP contribution < -0.4 is 4.90 Å². The summed E-state index contributed by atoms with van der Waals surface area (Å²) in [5.74, 6) is 1.09. The Bertz CT molecular complexity index is 1050. The lowest BCUT2D eigenvalue weighted by Gasteiger charge is -2.35. The molecule has 2 aromatic heterocycles. The zero-order valence-corrected chi connectivity index (χ0v) is 15.4. The number of anilines is 1. The molecule has 1 N–H and O–H groups in total. The summed E-state index contributed by atoms with van der Waals surface area (Å²) >= 11 is 0. The first kappa shape index (κ1) is 16.3. The largest absolute Gasteiger partial charge is 0.358 e. The van der Waals surface area contributed by atoms with Crippen molar-refractivity contribution in [3.05, 3.63) is 72.6 Å². The van der Waals surface area contributed by atoms with Gasteiger partial charge in [0.15, 0.2) is 5.82 Å². The molecule has 2 aromatic carbocycles. The van der Waals surface area contributed by atoms with Crippen molar-refractivity contribution in [2.75, 3.05) is 37.6 Å². The first-order valence-corrected chi connectivity index (χ1v) is 9.74. The van der Waals surface area contributed by atoms with Crippen LogP contribution in [-0.2, 0) is 6.42 Å². The fourth-order valence-electron chi connectivity index (χ4n) is 4.18. The number of pyridine rings is 1. The van der Waals surface area contributed by atoms with E-state index in [0.29, 0.717) is 0 Å². The molecular weight excluding hydrogens is 332 g/mol. The third-order valence-corrected chi connectivity index (χ3v) is 5.70. The third-order valence-electron chi connectivity index (χ3n) is 5.70. The number of fused-ring (bicyclic) bond motifs is 2. The van der Waals surface area contributed by atoms with Crippen LogP contribution in [0.5, 0.6) is 0 Å².